The van der Waals surface area contributed by atoms with Crippen LogP contribution in [0.15, 0.2) is 30.5 Å². The molecule has 1 aromatic heterocycles. The van der Waals surface area contributed by atoms with E-state index in [1.165, 1.54) is 0 Å². The zero-order valence-electron chi connectivity index (χ0n) is 12.2. The minimum atomic E-state index is -0.148. The van der Waals surface area contributed by atoms with E-state index in [1.807, 2.05) is 13.1 Å². The van der Waals surface area contributed by atoms with Crippen LogP contribution in [-0.4, -0.2) is 38.8 Å². The molecule has 0 bridgehead atoms. The predicted octanol–water partition coefficient (Wildman–Crippen LogP) is 2.29. The maximum absolute atomic E-state index is 12.5. The predicted molar refractivity (Wildman–Crippen MR) is 85.9 cm³/mol. The lowest BCUT2D eigenvalue weighted by Crippen LogP contribution is -2.35. The van der Waals surface area contributed by atoms with Gasteiger partial charge in [-0.25, -0.2) is 0 Å². The molecular weight excluding hydrogens is 325 g/mol. The van der Waals surface area contributed by atoms with Gasteiger partial charge in [0, 0.05) is 29.8 Å². The van der Waals surface area contributed by atoms with Crippen molar-refractivity contribution >= 4 is 29.1 Å². The molecule has 0 fully saturated rings. The molecule has 22 heavy (non-hydrogen) atoms. The fourth-order valence-electron chi connectivity index (χ4n) is 2.13. The molecule has 0 aliphatic heterocycles. The van der Waals surface area contributed by atoms with Gasteiger partial charge in [0.25, 0.3) is 0 Å². The zero-order valence-corrected chi connectivity index (χ0v) is 13.7. The Morgan fingerprint density at radius 1 is 1.32 bits per heavy atom. The topological polar surface area (TPSA) is 58.4 Å². The van der Waals surface area contributed by atoms with Crippen LogP contribution in [-0.2, 0) is 24.8 Å². The standard InChI is InChI=1S/C15H17Cl2N3O2/c1-19-11(5-6-18-19)10-20(7-8-21)15(22)9-12-13(16)3-2-4-14(12)17/h2-6,21H,7-10H2,1H3. The van der Waals surface area contributed by atoms with Crippen LogP contribution >= 0.6 is 23.2 Å². The van der Waals surface area contributed by atoms with Gasteiger partial charge in [-0.1, -0.05) is 29.3 Å². The summed E-state index contributed by atoms with van der Waals surface area (Å²) >= 11 is 12.2. The lowest BCUT2D eigenvalue weighted by atomic mass is 10.1. The molecule has 1 heterocycles. The molecule has 0 saturated heterocycles. The lowest BCUT2D eigenvalue weighted by Gasteiger charge is -2.22. The van der Waals surface area contributed by atoms with Gasteiger partial charge in [0.15, 0.2) is 0 Å². The Morgan fingerprint density at radius 2 is 2.00 bits per heavy atom. The fraction of sp³-hybridized carbons (Fsp3) is 0.333. The summed E-state index contributed by atoms with van der Waals surface area (Å²) in [5.41, 5.74) is 1.48. The van der Waals surface area contributed by atoms with Crippen molar-refractivity contribution in [2.24, 2.45) is 7.05 Å². The maximum atomic E-state index is 12.5. The van der Waals surface area contributed by atoms with Crippen molar-refractivity contribution in [2.45, 2.75) is 13.0 Å². The van der Waals surface area contributed by atoms with Crippen molar-refractivity contribution in [1.29, 1.82) is 0 Å². The Bertz CT molecular complexity index is 638. The van der Waals surface area contributed by atoms with Crippen LogP contribution < -0.4 is 0 Å². The number of rotatable bonds is 6. The van der Waals surface area contributed by atoms with Gasteiger partial charge < -0.3 is 10.0 Å². The number of aliphatic hydroxyl groups excluding tert-OH is 1. The molecule has 0 saturated carbocycles. The highest BCUT2D eigenvalue weighted by molar-refractivity contribution is 6.36. The summed E-state index contributed by atoms with van der Waals surface area (Å²) in [6.45, 7) is 0.504. The highest BCUT2D eigenvalue weighted by Crippen LogP contribution is 2.25. The highest BCUT2D eigenvalue weighted by Gasteiger charge is 2.18. The number of aromatic nitrogens is 2. The fourth-order valence-corrected chi connectivity index (χ4v) is 2.66. The molecule has 0 radical (unpaired) electrons. The second-order valence-corrected chi connectivity index (χ2v) is 5.68. The minimum absolute atomic E-state index is 0.0936. The second kappa shape index (κ2) is 7.63. The first-order valence-electron chi connectivity index (χ1n) is 6.81. The number of hydrogen-bond donors (Lipinski definition) is 1. The van der Waals surface area contributed by atoms with E-state index < -0.39 is 0 Å². The molecule has 7 heteroatoms. The first-order chi connectivity index (χ1) is 10.5. The van der Waals surface area contributed by atoms with Crippen molar-refractivity contribution in [1.82, 2.24) is 14.7 Å². The third-order valence-electron chi connectivity index (χ3n) is 3.39. The quantitative estimate of drug-likeness (QED) is 0.876. The van der Waals surface area contributed by atoms with Crippen LogP contribution in [0.5, 0.6) is 0 Å². The second-order valence-electron chi connectivity index (χ2n) is 4.86. The van der Waals surface area contributed by atoms with Crippen molar-refractivity contribution in [3.05, 3.63) is 51.8 Å². The van der Waals surface area contributed by atoms with Gasteiger partial charge in [0.2, 0.25) is 5.91 Å². The number of carbonyl (C=O) groups is 1. The van der Waals surface area contributed by atoms with E-state index in [2.05, 4.69) is 5.10 Å². The minimum Gasteiger partial charge on any atom is -0.395 e. The summed E-state index contributed by atoms with van der Waals surface area (Å²) in [5, 5.41) is 14.2. The lowest BCUT2D eigenvalue weighted by molar-refractivity contribution is -0.131. The Balaban J connectivity index is 2.14. The molecule has 2 rings (SSSR count). The summed E-state index contributed by atoms with van der Waals surface area (Å²) in [6, 6.07) is 6.97. The molecule has 1 N–H and O–H groups in total. The number of benzene rings is 1. The van der Waals surface area contributed by atoms with Gasteiger partial charge in [-0.3, -0.25) is 9.48 Å². The maximum Gasteiger partial charge on any atom is 0.227 e. The average Bonchev–Trinajstić information content (AvgIpc) is 2.88. The molecule has 0 aliphatic rings. The Labute approximate surface area is 139 Å². The van der Waals surface area contributed by atoms with Crippen molar-refractivity contribution in [3.63, 3.8) is 0 Å². The van der Waals surface area contributed by atoms with Crippen LogP contribution in [0.3, 0.4) is 0 Å². The highest BCUT2D eigenvalue weighted by atomic mass is 35.5. The smallest absolute Gasteiger partial charge is 0.227 e. The van der Waals surface area contributed by atoms with E-state index in [9.17, 15) is 9.90 Å². The largest absolute Gasteiger partial charge is 0.395 e. The number of aliphatic hydroxyl groups is 1. The summed E-state index contributed by atoms with van der Waals surface area (Å²) in [7, 11) is 1.81. The number of aryl methyl sites for hydroxylation is 1. The van der Waals surface area contributed by atoms with Gasteiger partial charge in [-0.15, -0.1) is 0 Å². The number of hydrogen-bond acceptors (Lipinski definition) is 3. The molecular formula is C15H17Cl2N3O2. The summed E-state index contributed by atoms with van der Waals surface area (Å²) in [6.07, 6.45) is 1.76. The van der Waals surface area contributed by atoms with Crippen LogP contribution in [0.2, 0.25) is 10.0 Å². The van der Waals surface area contributed by atoms with Crippen molar-refractivity contribution < 1.29 is 9.90 Å². The molecule has 1 amide bonds. The first-order valence-corrected chi connectivity index (χ1v) is 7.57. The Kier molecular flexibility index (Phi) is 5.83. The third-order valence-corrected chi connectivity index (χ3v) is 4.10. The zero-order chi connectivity index (χ0) is 16.1. The van der Waals surface area contributed by atoms with Gasteiger partial charge in [-0.2, -0.15) is 5.10 Å². The summed E-state index contributed by atoms with van der Waals surface area (Å²) in [4.78, 5) is 14.1. The van der Waals surface area contributed by atoms with Gasteiger partial charge in [0.1, 0.15) is 0 Å². The molecule has 0 aliphatic carbocycles. The Hall–Kier alpha value is -1.56. The van der Waals surface area contributed by atoms with Gasteiger partial charge >= 0.3 is 0 Å². The van der Waals surface area contributed by atoms with Crippen LogP contribution in [0.1, 0.15) is 11.3 Å². The van der Waals surface area contributed by atoms with E-state index in [0.29, 0.717) is 22.2 Å². The average molecular weight is 342 g/mol. The van der Waals surface area contributed by atoms with E-state index in [1.54, 1.807) is 34.0 Å². The van der Waals surface area contributed by atoms with Crippen molar-refractivity contribution in [2.75, 3.05) is 13.2 Å². The van der Waals surface area contributed by atoms with Gasteiger partial charge in [0.05, 0.1) is 25.3 Å². The summed E-state index contributed by atoms with van der Waals surface area (Å²) < 4.78 is 1.69. The monoisotopic (exact) mass is 341 g/mol. The molecule has 0 unspecified atom stereocenters. The number of carbonyl (C=O) groups excluding carboxylic acids is 1. The summed E-state index contributed by atoms with van der Waals surface area (Å²) in [5.74, 6) is -0.148. The van der Waals surface area contributed by atoms with E-state index >= 15 is 0 Å². The van der Waals surface area contributed by atoms with Gasteiger partial charge in [-0.05, 0) is 23.8 Å². The molecule has 2 aromatic rings. The molecule has 0 spiro atoms. The van der Waals surface area contributed by atoms with Crippen molar-refractivity contribution in [3.8, 4) is 0 Å². The molecule has 5 nitrogen and oxygen atoms in total. The van der Waals surface area contributed by atoms with Crippen LogP contribution in [0.25, 0.3) is 0 Å². The number of amides is 1. The number of halogens is 2. The first kappa shape index (κ1) is 16.8. The van der Waals surface area contributed by atoms with Crippen LogP contribution in [0.4, 0.5) is 0 Å². The van der Waals surface area contributed by atoms with E-state index in [4.69, 9.17) is 23.2 Å². The molecule has 118 valence electrons. The Morgan fingerprint density at radius 3 is 2.55 bits per heavy atom. The third kappa shape index (κ3) is 4.00. The molecule has 0 atom stereocenters. The molecule has 1 aromatic carbocycles. The number of nitrogens with zero attached hydrogens (tertiary/aromatic N) is 3. The SMILES string of the molecule is Cn1nccc1CN(CCO)C(=O)Cc1c(Cl)cccc1Cl. The van der Waals surface area contributed by atoms with E-state index in [-0.39, 0.29) is 25.5 Å². The van der Waals surface area contributed by atoms with E-state index in [0.717, 1.165) is 5.69 Å². The van der Waals surface area contributed by atoms with Crippen LogP contribution in [0, 0.1) is 0 Å². The normalized spacial score (nSPS) is 10.7.